The van der Waals surface area contributed by atoms with Crippen molar-refractivity contribution in [1.29, 1.82) is 5.26 Å². The molecule has 1 aromatic carbocycles. The van der Waals surface area contributed by atoms with Crippen molar-refractivity contribution in [2.75, 3.05) is 11.9 Å². The minimum atomic E-state index is -1.00. The van der Waals surface area contributed by atoms with E-state index in [0.29, 0.717) is 0 Å². The molecule has 0 saturated heterocycles. The van der Waals surface area contributed by atoms with Crippen LogP contribution < -0.4 is 4.90 Å². The van der Waals surface area contributed by atoms with E-state index in [4.69, 9.17) is 5.26 Å². The highest BCUT2D eigenvalue weighted by Gasteiger charge is 2.12. The van der Waals surface area contributed by atoms with Crippen LogP contribution in [0.5, 0.6) is 0 Å². The molecule has 0 atom stereocenters. The van der Waals surface area contributed by atoms with Crippen LogP contribution in [0, 0.1) is 23.0 Å². The molecule has 3 nitrogen and oxygen atoms in total. The van der Waals surface area contributed by atoms with Gasteiger partial charge in [-0.2, -0.15) is 5.26 Å². The summed E-state index contributed by atoms with van der Waals surface area (Å²) in [5, 5.41) is 8.32. The van der Waals surface area contributed by atoms with Crippen LogP contribution in [-0.2, 0) is 4.79 Å². The van der Waals surface area contributed by atoms with Crippen molar-refractivity contribution in [3.8, 4) is 6.07 Å². The number of hydrogen-bond donors (Lipinski definition) is 0. The fourth-order valence-corrected chi connectivity index (χ4v) is 1.17. The average Bonchev–Trinajstić information content (AvgIpc) is 2.28. The molecule has 0 aromatic heterocycles. The van der Waals surface area contributed by atoms with Crippen LogP contribution in [0.1, 0.15) is 12.8 Å². The highest BCUT2D eigenvalue weighted by atomic mass is 19.2. The van der Waals surface area contributed by atoms with Gasteiger partial charge < -0.3 is 4.90 Å². The van der Waals surface area contributed by atoms with Crippen molar-refractivity contribution < 1.29 is 13.6 Å². The van der Waals surface area contributed by atoms with E-state index in [1.807, 2.05) is 6.07 Å². The van der Waals surface area contributed by atoms with Crippen LogP contribution in [0.4, 0.5) is 14.5 Å². The van der Waals surface area contributed by atoms with Gasteiger partial charge in [-0.05, 0) is 12.1 Å². The lowest BCUT2D eigenvalue weighted by Crippen LogP contribution is -2.25. The molecule has 5 heteroatoms. The summed E-state index contributed by atoms with van der Waals surface area (Å²) in [5.74, 6) is -2.27. The second kappa shape index (κ2) is 5.21. The van der Waals surface area contributed by atoms with Crippen LogP contribution in [0.25, 0.3) is 0 Å². The van der Waals surface area contributed by atoms with Gasteiger partial charge in [-0.1, -0.05) is 0 Å². The van der Waals surface area contributed by atoms with E-state index in [0.717, 1.165) is 12.1 Å². The Kier molecular flexibility index (Phi) is 3.95. The Bertz CT molecular complexity index is 440. The van der Waals surface area contributed by atoms with Crippen LogP contribution in [0.3, 0.4) is 0 Å². The number of hydrogen-bond acceptors (Lipinski definition) is 2. The molecule has 0 spiro atoms. The zero-order chi connectivity index (χ0) is 12.1. The van der Waals surface area contributed by atoms with Gasteiger partial charge >= 0.3 is 0 Å². The molecule has 1 aromatic rings. The minimum absolute atomic E-state index is 0.0615. The fraction of sp³-hybridized carbons (Fsp3) is 0.273. The van der Waals surface area contributed by atoms with Crippen LogP contribution in [0.2, 0.25) is 0 Å². The number of carbonyl (C=O) groups is 1. The van der Waals surface area contributed by atoms with Gasteiger partial charge in [0.15, 0.2) is 11.6 Å². The Morgan fingerprint density at radius 2 is 2.12 bits per heavy atom. The van der Waals surface area contributed by atoms with Crippen LogP contribution in [-0.4, -0.2) is 13.0 Å². The maximum absolute atomic E-state index is 12.9. The predicted molar refractivity (Wildman–Crippen MR) is 54.6 cm³/mol. The Labute approximate surface area is 91.9 Å². The highest BCUT2D eigenvalue weighted by Crippen LogP contribution is 2.17. The summed E-state index contributed by atoms with van der Waals surface area (Å²) < 4.78 is 25.5. The smallest absolute Gasteiger partial charge is 0.227 e. The molecule has 0 aliphatic heterocycles. The largest absolute Gasteiger partial charge is 0.315 e. The summed E-state index contributed by atoms with van der Waals surface area (Å²) in [6.45, 7) is 0. The lowest BCUT2D eigenvalue weighted by molar-refractivity contribution is -0.118. The predicted octanol–water partition coefficient (Wildman–Crippen LogP) is 2.23. The van der Waals surface area contributed by atoms with Gasteiger partial charge in [0.05, 0.1) is 6.07 Å². The number of carbonyl (C=O) groups excluding carboxylic acids is 1. The molecule has 84 valence electrons. The number of anilines is 1. The summed E-state index contributed by atoms with van der Waals surface area (Å²) in [4.78, 5) is 12.7. The molecule has 0 unspecified atom stereocenters. The Morgan fingerprint density at radius 1 is 1.44 bits per heavy atom. The van der Waals surface area contributed by atoms with Gasteiger partial charge in [-0.3, -0.25) is 4.79 Å². The Morgan fingerprint density at radius 3 is 2.69 bits per heavy atom. The number of nitriles is 1. The quantitative estimate of drug-likeness (QED) is 0.790. The second-order valence-electron chi connectivity index (χ2n) is 3.21. The maximum atomic E-state index is 12.9. The monoisotopic (exact) mass is 224 g/mol. The number of amides is 1. The third kappa shape index (κ3) is 2.76. The number of benzene rings is 1. The Balaban J connectivity index is 2.80. The second-order valence-corrected chi connectivity index (χ2v) is 3.21. The van der Waals surface area contributed by atoms with E-state index in [1.165, 1.54) is 18.0 Å². The Hall–Kier alpha value is -1.96. The lowest BCUT2D eigenvalue weighted by Gasteiger charge is -2.16. The highest BCUT2D eigenvalue weighted by molar-refractivity contribution is 5.92. The van der Waals surface area contributed by atoms with Gasteiger partial charge in [-0.25, -0.2) is 8.78 Å². The van der Waals surface area contributed by atoms with Gasteiger partial charge in [0, 0.05) is 31.6 Å². The zero-order valence-corrected chi connectivity index (χ0v) is 8.70. The normalized spacial score (nSPS) is 9.62. The topological polar surface area (TPSA) is 44.1 Å². The number of halogens is 2. The van der Waals surface area contributed by atoms with E-state index in [-0.39, 0.29) is 24.4 Å². The molecule has 0 radical (unpaired) electrons. The van der Waals surface area contributed by atoms with Crippen molar-refractivity contribution in [3.05, 3.63) is 29.8 Å². The summed E-state index contributed by atoms with van der Waals surface area (Å²) in [7, 11) is 1.45. The first-order chi connectivity index (χ1) is 7.56. The molecule has 0 saturated carbocycles. The standard InChI is InChI=1S/C11H10F2N2O/c1-15(11(16)3-2-6-14)8-4-5-9(12)10(13)7-8/h4-5,7H,2-3H2,1H3. The maximum Gasteiger partial charge on any atom is 0.227 e. The van der Waals surface area contributed by atoms with Gasteiger partial charge in [-0.15, -0.1) is 0 Å². The molecule has 1 amide bonds. The summed E-state index contributed by atoms with van der Waals surface area (Å²) >= 11 is 0. The molecule has 16 heavy (non-hydrogen) atoms. The first kappa shape index (κ1) is 12.1. The van der Waals surface area contributed by atoms with E-state index in [2.05, 4.69) is 0 Å². The molecule has 0 fully saturated rings. The zero-order valence-electron chi connectivity index (χ0n) is 8.70. The van der Waals surface area contributed by atoms with E-state index >= 15 is 0 Å². The molecule has 0 aliphatic carbocycles. The molecule has 0 bridgehead atoms. The molecule has 1 rings (SSSR count). The fourth-order valence-electron chi connectivity index (χ4n) is 1.17. The first-order valence-electron chi connectivity index (χ1n) is 4.65. The lowest BCUT2D eigenvalue weighted by atomic mass is 10.2. The van der Waals surface area contributed by atoms with Crippen LogP contribution in [0.15, 0.2) is 18.2 Å². The van der Waals surface area contributed by atoms with Gasteiger partial charge in [0.25, 0.3) is 0 Å². The van der Waals surface area contributed by atoms with Gasteiger partial charge in [0.1, 0.15) is 0 Å². The van der Waals surface area contributed by atoms with Crippen molar-refractivity contribution in [2.45, 2.75) is 12.8 Å². The third-order valence-electron chi connectivity index (χ3n) is 2.12. The van der Waals surface area contributed by atoms with Crippen molar-refractivity contribution in [3.63, 3.8) is 0 Å². The van der Waals surface area contributed by atoms with Gasteiger partial charge in [0.2, 0.25) is 5.91 Å². The van der Waals surface area contributed by atoms with Crippen molar-refractivity contribution in [1.82, 2.24) is 0 Å². The van der Waals surface area contributed by atoms with E-state index in [1.54, 1.807) is 0 Å². The van der Waals surface area contributed by atoms with Crippen LogP contribution >= 0.6 is 0 Å². The van der Waals surface area contributed by atoms with Crippen molar-refractivity contribution in [2.24, 2.45) is 0 Å². The summed E-state index contributed by atoms with van der Waals surface area (Å²) in [6, 6.07) is 5.05. The molecular formula is C11H10F2N2O. The molecular weight excluding hydrogens is 214 g/mol. The molecule has 0 N–H and O–H groups in total. The SMILES string of the molecule is CN(C(=O)CCC#N)c1ccc(F)c(F)c1. The summed E-state index contributed by atoms with van der Waals surface area (Å²) in [5.41, 5.74) is 0.266. The minimum Gasteiger partial charge on any atom is -0.315 e. The van der Waals surface area contributed by atoms with E-state index < -0.39 is 11.6 Å². The summed E-state index contributed by atoms with van der Waals surface area (Å²) in [6.07, 6.45) is 0.166. The number of nitrogens with zero attached hydrogens (tertiary/aromatic N) is 2. The van der Waals surface area contributed by atoms with E-state index in [9.17, 15) is 13.6 Å². The number of rotatable bonds is 3. The third-order valence-corrected chi connectivity index (χ3v) is 2.12. The first-order valence-corrected chi connectivity index (χ1v) is 4.65. The van der Waals surface area contributed by atoms with Crippen molar-refractivity contribution >= 4 is 11.6 Å². The molecule has 0 heterocycles. The molecule has 0 aliphatic rings. The average molecular weight is 224 g/mol.